The van der Waals surface area contributed by atoms with Crippen molar-refractivity contribution in [2.75, 3.05) is 5.75 Å². The lowest BCUT2D eigenvalue weighted by Crippen LogP contribution is -1.95. The Hall–Kier alpha value is -0.870. The summed E-state index contributed by atoms with van der Waals surface area (Å²) in [6, 6.07) is 8.89. The molecule has 0 aromatic heterocycles. The molecule has 0 bridgehead atoms. The van der Waals surface area contributed by atoms with Gasteiger partial charge >= 0.3 is 0 Å². The maximum Gasteiger partial charge on any atom is 0.0155 e. The van der Waals surface area contributed by atoms with Gasteiger partial charge in [0.15, 0.2) is 0 Å². The summed E-state index contributed by atoms with van der Waals surface area (Å²) >= 11 is 1.92. The van der Waals surface area contributed by atoms with Crippen LogP contribution in [-0.4, -0.2) is 5.75 Å². The molecule has 0 aliphatic rings. The lowest BCUT2D eigenvalue weighted by Gasteiger charge is -2.12. The Bertz CT molecular complexity index is 331. The highest BCUT2D eigenvalue weighted by atomic mass is 32.2. The van der Waals surface area contributed by atoms with Crippen LogP contribution >= 0.6 is 11.8 Å². The zero-order valence-electron chi connectivity index (χ0n) is 10.2. The molecule has 0 saturated heterocycles. The number of rotatable bonds is 6. The van der Waals surface area contributed by atoms with Gasteiger partial charge in [0.2, 0.25) is 0 Å². The van der Waals surface area contributed by atoms with Crippen molar-refractivity contribution >= 4 is 11.8 Å². The van der Waals surface area contributed by atoms with E-state index < -0.39 is 0 Å². The molecule has 0 saturated carbocycles. The van der Waals surface area contributed by atoms with E-state index in [1.54, 1.807) is 0 Å². The predicted octanol–water partition coefficient (Wildman–Crippen LogP) is 4.71. The van der Waals surface area contributed by atoms with Crippen LogP contribution in [0.1, 0.15) is 44.6 Å². The molecule has 0 heterocycles. The van der Waals surface area contributed by atoms with Crippen LogP contribution in [0.2, 0.25) is 0 Å². The first-order valence-corrected chi connectivity index (χ1v) is 6.96. The van der Waals surface area contributed by atoms with Crippen molar-refractivity contribution in [3.05, 3.63) is 29.8 Å². The Morgan fingerprint density at radius 3 is 2.44 bits per heavy atom. The molecule has 0 aliphatic heterocycles. The first-order chi connectivity index (χ1) is 7.81. The van der Waals surface area contributed by atoms with Crippen LogP contribution in [0.4, 0.5) is 0 Å². The Morgan fingerprint density at radius 1 is 1.25 bits per heavy atom. The first-order valence-electron chi connectivity index (χ1n) is 5.98. The molecule has 1 rings (SSSR count). The summed E-state index contributed by atoms with van der Waals surface area (Å²) in [6.45, 7) is 4.41. The molecule has 16 heavy (non-hydrogen) atoms. The Labute approximate surface area is 104 Å². The zero-order chi connectivity index (χ0) is 11.8. The molecule has 1 heteroatoms. The largest absolute Gasteiger partial charge is 0.126 e. The molecule has 0 amide bonds. The SMILES string of the molecule is C#CCC(CC)c1ccc(SCCC)cc1. The highest BCUT2D eigenvalue weighted by Gasteiger charge is 2.07. The van der Waals surface area contributed by atoms with E-state index >= 15 is 0 Å². The average molecular weight is 232 g/mol. The van der Waals surface area contributed by atoms with E-state index in [4.69, 9.17) is 6.42 Å². The third kappa shape index (κ3) is 3.94. The normalized spacial score (nSPS) is 12.1. The second-order valence-electron chi connectivity index (χ2n) is 3.93. The second-order valence-corrected chi connectivity index (χ2v) is 5.10. The number of hydrogen-bond donors (Lipinski definition) is 0. The van der Waals surface area contributed by atoms with Gasteiger partial charge in [0.25, 0.3) is 0 Å². The minimum absolute atomic E-state index is 0.523. The zero-order valence-corrected chi connectivity index (χ0v) is 11.0. The summed E-state index contributed by atoms with van der Waals surface area (Å²) in [7, 11) is 0. The summed E-state index contributed by atoms with van der Waals surface area (Å²) in [5.74, 6) is 4.48. The Kier molecular flexibility index (Phi) is 6.11. The summed E-state index contributed by atoms with van der Waals surface area (Å²) in [5, 5.41) is 0. The van der Waals surface area contributed by atoms with Crippen LogP contribution in [-0.2, 0) is 0 Å². The molecule has 0 N–H and O–H groups in total. The van der Waals surface area contributed by atoms with Crippen LogP contribution in [0, 0.1) is 12.3 Å². The minimum atomic E-state index is 0.523. The van der Waals surface area contributed by atoms with Gasteiger partial charge in [0.1, 0.15) is 0 Å². The molecule has 0 aliphatic carbocycles. The standard InChI is InChI=1S/C15H20S/c1-4-7-13(6-3)14-8-10-15(11-9-14)16-12-5-2/h1,8-11,13H,5-7,12H2,2-3H3. The summed E-state index contributed by atoms with van der Waals surface area (Å²) in [6.07, 6.45) is 8.57. The molecule has 0 radical (unpaired) electrons. The highest BCUT2D eigenvalue weighted by molar-refractivity contribution is 7.99. The van der Waals surface area contributed by atoms with E-state index in [9.17, 15) is 0 Å². The lowest BCUT2D eigenvalue weighted by atomic mass is 9.94. The predicted molar refractivity (Wildman–Crippen MR) is 73.9 cm³/mol. The van der Waals surface area contributed by atoms with Crippen molar-refractivity contribution in [1.82, 2.24) is 0 Å². The maximum atomic E-state index is 5.38. The molecule has 1 atom stereocenters. The van der Waals surface area contributed by atoms with Gasteiger partial charge in [-0.1, -0.05) is 26.0 Å². The van der Waals surface area contributed by atoms with Gasteiger partial charge in [0, 0.05) is 11.3 Å². The van der Waals surface area contributed by atoms with Crippen molar-refractivity contribution in [2.24, 2.45) is 0 Å². The van der Waals surface area contributed by atoms with Crippen molar-refractivity contribution < 1.29 is 0 Å². The third-order valence-corrected chi connectivity index (χ3v) is 3.90. The van der Waals surface area contributed by atoms with Gasteiger partial charge in [-0.2, -0.15) is 0 Å². The van der Waals surface area contributed by atoms with Crippen LogP contribution in [0.15, 0.2) is 29.2 Å². The molecule has 1 aromatic carbocycles. The smallest absolute Gasteiger partial charge is 0.0155 e. The molecular formula is C15H20S. The van der Waals surface area contributed by atoms with E-state index in [1.807, 2.05) is 11.8 Å². The van der Waals surface area contributed by atoms with Crippen molar-refractivity contribution in [3.63, 3.8) is 0 Å². The maximum absolute atomic E-state index is 5.38. The summed E-state index contributed by atoms with van der Waals surface area (Å²) in [4.78, 5) is 1.36. The van der Waals surface area contributed by atoms with Gasteiger partial charge in [0.05, 0.1) is 0 Å². The van der Waals surface area contributed by atoms with E-state index in [0.29, 0.717) is 5.92 Å². The molecule has 86 valence electrons. The second kappa shape index (κ2) is 7.41. The number of terminal acetylenes is 1. The molecule has 0 fully saturated rings. The lowest BCUT2D eigenvalue weighted by molar-refractivity contribution is 0.684. The quantitative estimate of drug-likeness (QED) is 0.506. The number of benzene rings is 1. The Balaban J connectivity index is 2.66. The van der Waals surface area contributed by atoms with Crippen LogP contribution < -0.4 is 0 Å². The summed E-state index contributed by atoms with van der Waals surface area (Å²) in [5.41, 5.74) is 1.38. The van der Waals surface area contributed by atoms with Crippen molar-refractivity contribution in [2.45, 2.75) is 43.9 Å². The monoisotopic (exact) mass is 232 g/mol. The fraction of sp³-hybridized carbons (Fsp3) is 0.467. The highest BCUT2D eigenvalue weighted by Crippen LogP contribution is 2.26. The number of hydrogen-bond acceptors (Lipinski definition) is 1. The van der Waals surface area contributed by atoms with Gasteiger partial charge in [-0.05, 0) is 42.2 Å². The van der Waals surface area contributed by atoms with E-state index in [1.165, 1.54) is 22.6 Å². The Morgan fingerprint density at radius 2 is 1.94 bits per heavy atom. The van der Waals surface area contributed by atoms with E-state index in [2.05, 4.69) is 44.0 Å². The van der Waals surface area contributed by atoms with Gasteiger partial charge in [-0.3, -0.25) is 0 Å². The van der Waals surface area contributed by atoms with Crippen LogP contribution in [0.3, 0.4) is 0 Å². The van der Waals surface area contributed by atoms with E-state index in [-0.39, 0.29) is 0 Å². The van der Waals surface area contributed by atoms with Gasteiger partial charge < -0.3 is 0 Å². The average Bonchev–Trinajstić information content (AvgIpc) is 2.34. The molecule has 1 aromatic rings. The third-order valence-electron chi connectivity index (χ3n) is 2.68. The molecule has 1 unspecified atom stereocenters. The molecular weight excluding hydrogens is 212 g/mol. The fourth-order valence-corrected chi connectivity index (χ4v) is 2.46. The van der Waals surface area contributed by atoms with Crippen molar-refractivity contribution in [3.8, 4) is 12.3 Å². The topological polar surface area (TPSA) is 0 Å². The van der Waals surface area contributed by atoms with Gasteiger partial charge in [-0.15, -0.1) is 24.1 Å². The van der Waals surface area contributed by atoms with Crippen molar-refractivity contribution in [1.29, 1.82) is 0 Å². The fourth-order valence-electron chi connectivity index (χ4n) is 1.70. The summed E-state index contributed by atoms with van der Waals surface area (Å²) < 4.78 is 0. The molecule has 0 spiro atoms. The minimum Gasteiger partial charge on any atom is -0.126 e. The van der Waals surface area contributed by atoms with Crippen LogP contribution in [0.25, 0.3) is 0 Å². The number of thioether (sulfide) groups is 1. The van der Waals surface area contributed by atoms with E-state index in [0.717, 1.165) is 12.8 Å². The first kappa shape index (κ1) is 13.2. The molecule has 0 nitrogen and oxygen atoms in total. The van der Waals surface area contributed by atoms with Crippen LogP contribution in [0.5, 0.6) is 0 Å². The van der Waals surface area contributed by atoms with Gasteiger partial charge in [-0.25, -0.2) is 0 Å².